The van der Waals surface area contributed by atoms with Gasteiger partial charge in [0.25, 0.3) is 0 Å². The van der Waals surface area contributed by atoms with E-state index in [0.717, 1.165) is 24.8 Å². The summed E-state index contributed by atoms with van der Waals surface area (Å²) in [6.45, 7) is 6.88. The summed E-state index contributed by atoms with van der Waals surface area (Å²) < 4.78 is 0. The van der Waals surface area contributed by atoms with Crippen LogP contribution >= 0.6 is 0 Å². The molecule has 0 fully saturated rings. The average molecular weight is 325 g/mol. The van der Waals surface area contributed by atoms with Crippen LogP contribution in [0.25, 0.3) is 0 Å². The number of phenols is 1. The molecule has 0 aliphatic rings. The molecule has 1 heteroatoms. The van der Waals surface area contributed by atoms with E-state index in [9.17, 15) is 5.11 Å². The molecule has 0 bridgehead atoms. The molecule has 3 unspecified atom stereocenters. The van der Waals surface area contributed by atoms with Crippen molar-refractivity contribution >= 4 is 0 Å². The third kappa shape index (κ3) is 4.87. The highest BCUT2D eigenvalue weighted by Crippen LogP contribution is 2.40. The van der Waals surface area contributed by atoms with Crippen LogP contribution < -0.4 is 0 Å². The van der Waals surface area contributed by atoms with Crippen LogP contribution in [0.2, 0.25) is 0 Å². The van der Waals surface area contributed by atoms with E-state index < -0.39 is 0 Å². The molecule has 2 aromatic carbocycles. The highest BCUT2D eigenvalue weighted by atomic mass is 16.3. The Hall–Kier alpha value is -1.76. The first-order valence-corrected chi connectivity index (χ1v) is 9.50. The molecule has 2 aromatic rings. The first kappa shape index (κ1) is 18.6. The topological polar surface area (TPSA) is 20.2 Å². The summed E-state index contributed by atoms with van der Waals surface area (Å²) in [4.78, 5) is 0. The first-order chi connectivity index (χ1) is 11.7. The Morgan fingerprint density at radius 2 is 1.46 bits per heavy atom. The van der Waals surface area contributed by atoms with Crippen molar-refractivity contribution in [1.82, 2.24) is 0 Å². The van der Waals surface area contributed by atoms with Gasteiger partial charge in [-0.15, -0.1) is 0 Å². The minimum Gasteiger partial charge on any atom is -0.508 e. The molecule has 2 rings (SSSR count). The predicted octanol–water partition coefficient (Wildman–Crippen LogP) is 6.89. The summed E-state index contributed by atoms with van der Waals surface area (Å²) in [6, 6.07) is 18.8. The normalized spacial score (nSPS) is 15.0. The molecule has 0 amide bonds. The van der Waals surface area contributed by atoms with E-state index in [1.165, 1.54) is 18.4 Å². The molecule has 24 heavy (non-hydrogen) atoms. The van der Waals surface area contributed by atoms with Gasteiger partial charge in [-0.05, 0) is 47.8 Å². The lowest BCUT2D eigenvalue weighted by Crippen LogP contribution is -2.15. The van der Waals surface area contributed by atoms with Crippen molar-refractivity contribution in [2.24, 2.45) is 5.92 Å². The molecule has 1 nitrogen and oxygen atoms in total. The fraction of sp³-hybridized carbons (Fsp3) is 0.478. The Labute approximate surface area is 147 Å². The van der Waals surface area contributed by atoms with Gasteiger partial charge in [-0.25, -0.2) is 0 Å². The molecular weight excluding hydrogens is 292 g/mol. The lowest BCUT2D eigenvalue weighted by Gasteiger charge is -2.29. The number of aromatic hydroxyl groups is 1. The summed E-state index contributed by atoms with van der Waals surface area (Å²) in [5, 5.41) is 10.3. The van der Waals surface area contributed by atoms with Crippen molar-refractivity contribution < 1.29 is 5.11 Å². The molecule has 0 aliphatic heterocycles. The third-order valence-electron chi connectivity index (χ3n) is 5.29. The molecule has 0 heterocycles. The van der Waals surface area contributed by atoms with E-state index in [2.05, 4.69) is 57.2 Å². The largest absolute Gasteiger partial charge is 0.508 e. The Bertz CT molecular complexity index is 590. The Morgan fingerprint density at radius 3 is 2.08 bits per heavy atom. The van der Waals surface area contributed by atoms with Crippen LogP contribution in [0.4, 0.5) is 0 Å². The quantitative estimate of drug-likeness (QED) is 0.532. The molecule has 1 N–H and O–H groups in total. The molecule has 3 atom stereocenters. The van der Waals surface area contributed by atoms with Gasteiger partial charge in [-0.3, -0.25) is 0 Å². The van der Waals surface area contributed by atoms with Gasteiger partial charge in [0.1, 0.15) is 5.75 Å². The monoisotopic (exact) mass is 324 g/mol. The van der Waals surface area contributed by atoms with Crippen molar-refractivity contribution in [3.63, 3.8) is 0 Å². The van der Waals surface area contributed by atoms with Gasteiger partial charge in [-0.2, -0.15) is 0 Å². The average Bonchev–Trinajstić information content (AvgIpc) is 2.61. The maximum Gasteiger partial charge on any atom is 0.119 e. The van der Waals surface area contributed by atoms with Gasteiger partial charge in [0.15, 0.2) is 0 Å². The minimum absolute atomic E-state index is 0.443. The molecule has 0 saturated heterocycles. The van der Waals surface area contributed by atoms with Gasteiger partial charge >= 0.3 is 0 Å². The van der Waals surface area contributed by atoms with Crippen LogP contribution in [-0.4, -0.2) is 5.11 Å². The molecule has 0 radical (unpaired) electrons. The van der Waals surface area contributed by atoms with Crippen LogP contribution in [-0.2, 0) is 0 Å². The number of phenolic OH excluding ortho intramolecular Hbond substituents is 1. The van der Waals surface area contributed by atoms with E-state index >= 15 is 0 Å². The van der Waals surface area contributed by atoms with E-state index in [0.29, 0.717) is 23.5 Å². The Kier molecular flexibility index (Phi) is 7.36. The molecule has 0 aliphatic carbocycles. The number of hydrogen-bond acceptors (Lipinski definition) is 1. The fourth-order valence-electron chi connectivity index (χ4n) is 3.92. The standard InChI is InChI=1S/C23H32O/c1-4-11-20(18(3)19-13-7-6-8-14-19)17-21(12-5-2)22-15-9-10-16-23(22)24/h6-10,13-16,18,20-21,24H,4-5,11-12,17H2,1-3H3. The van der Waals surface area contributed by atoms with Gasteiger partial charge in [0.05, 0.1) is 0 Å². The molecular formula is C23H32O. The summed E-state index contributed by atoms with van der Waals surface area (Å²) in [6.07, 6.45) is 5.89. The van der Waals surface area contributed by atoms with Gasteiger partial charge in [-0.1, -0.05) is 88.6 Å². The second kappa shape index (κ2) is 9.52. The Balaban J connectivity index is 2.21. The van der Waals surface area contributed by atoms with Crippen molar-refractivity contribution in [3.05, 3.63) is 65.7 Å². The third-order valence-corrected chi connectivity index (χ3v) is 5.29. The first-order valence-electron chi connectivity index (χ1n) is 9.50. The van der Waals surface area contributed by atoms with Crippen molar-refractivity contribution in [2.75, 3.05) is 0 Å². The lowest BCUT2D eigenvalue weighted by molar-refractivity contribution is 0.338. The molecule has 0 saturated carbocycles. The van der Waals surface area contributed by atoms with Crippen LogP contribution in [0, 0.1) is 5.92 Å². The second-order valence-electron chi connectivity index (χ2n) is 7.03. The maximum atomic E-state index is 10.3. The SMILES string of the molecule is CCCC(CC(CCC)C(C)c1ccccc1)c1ccccc1O. The van der Waals surface area contributed by atoms with Crippen LogP contribution in [0.1, 0.15) is 75.8 Å². The maximum absolute atomic E-state index is 10.3. The van der Waals surface area contributed by atoms with Crippen LogP contribution in [0.3, 0.4) is 0 Å². The van der Waals surface area contributed by atoms with Crippen molar-refractivity contribution in [1.29, 1.82) is 0 Å². The summed E-state index contributed by atoms with van der Waals surface area (Å²) in [5.74, 6) is 2.10. The highest BCUT2D eigenvalue weighted by molar-refractivity contribution is 5.35. The summed E-state index contributed by atoms with van der Waals surface area (Å²) >= 11 is 0. The van der Waals surface area contributed by atoms with Crippen molar-refractivity contribution in [3.8, 4) is 5.75 Å². The van der Waals surface area contributed by atoms with Gasteiger partial charge in [0.2, 0.25) is 0 Å². The van der Waals surface area contributed by atoms with Crippen molar-refractivity contribution in [2.45, 2.75) is 64.7 Å². The number of hydrogen-bond donors (Lipinski definition) is 1. The zero-order chi connectivity index (χ0) is 17.4. The van der Waals surface area contributed by atoms with Gasteiger partial charge < -0.3 is 5.11 Å². The van der Waals surface area contributed by atoms with E-state index in [1.807, 2.05) is 18.2 Å². The van der Waals surface area contributed by atoms with Crippen LogP contribution in [0.5, 0.6) is 5.75 Å². The smallest absolute Gasteiger partial charge is 0.119 e. The van der Waals surface area contributed by atoms with E-state index in [1.54, 1.807) is 0 Å². The zero-order valence-electron chi connectivity index (χ0n) is 15.4. The van der Waals surface area contributed by atoms with Gasteiger partial charge in [0, 0.05) is 0 Å². The van der Waals surface area contributed by atoms with Crippen LogP contribution in [0.15, 0.2) is 54.6 Å². The zero-order valence-corrected chi connectivity index (χ0v) is 15.4. The summed E-state index contributed by atoms with van der Waals surface area (Å²) in [5.41, 5.74) is 2.56. The number of benzene rings is 2. The molecule has 0 spiro atoms. The summed E-state index contributed by atoms with van der Waals surface area (Å²) in [7, 11) is 0. The van der Waals surface area contributed by atoms with E-state index in [-0.39, 0.29) is 0 Å². The Morgan fingerprint density at radius 1 is 0.833 bits per heavy atom. The minimum atomic E-state index is 0.443. The number of para-hydroxylation sites is 1. The van der Waals surface area contributed by atoms with E-state index in [4.69, 9.17) is 0 Å². The predicted molar refractivity (Wildman–Crippen MR) is 104 cm³/mol. The highest BCUT2D eigenvalue weighted by Gasteiger charge is 2.24. The lowest BCUT2D eigenvalue weighted by atomic mass is 9.76. The second-order valence-corrected chi connectivity index (χ2v) is 7.03. The molecule has 0 aromatic heterocycles. The number of rotatable bonds is 9. The molecule has 130 valence electrons. The fourth-order valence-corrected chi connectivity index (χ4v) is 3.92.